The maximum Gasteiger partial charge on any atom is 0.123 e. The average molecular weight is 295 g/mol. The highest BCUT2D eigenvalue weighted by Crippen LogP contribution is 2.36. The van der Waals surface area contributed by atoms with Crippen molar-refractivity contribution in [2.24, 2.45) is 5.41 Å². The molecular formula is C17H26FNO2. The molecule has 2 N–H and O–H groups in total. The quantitative estimate of drug-likeness (QED) is 0.845. The predicted octanol–water partition coefficient (Wildman–Crippen LogP) is 3.43. The Bertz CT molecular complexity index is 458. The van der Waals surface area contributed by atoms with Gasteiger partial charge in [0.15, 0.2) is 0 Å². The van der Waals surface area contributed by atoms with E-state index in [0.717, 1.165) is 24.9 Å². The van der Waals surface area contributed by atoms with Crippen LogP contribution in [0.25, 0.3) is 0 Å². The highest BCUT2D eigenvalue weighted by atomic mass is 19.1. The SMILES string of the molecule is COc1ccc(F)cc1C(C)NCC1(CO)CCCCC1. The van der Waals surface area contributed by atoms with Gasteiger partial charge in [-0.2, -0.15) is 0 Å². The lowest BCUT2D eigenvalue weighted by Gasteiger charge is -2.37. The summed E-state index contributed by atoms with van der Waals surface area (Å²) in [7, 11) is 1.60. The van der Waals surface area contributed by atoms with E-state index < -0.39 is 0 Å². The van der Waals surface area contributed by atoms with Gasteiger partial charge >= 0.3 is 0 Å². The molecule has 1 aromatic carbocycles. The van der Waals surface area contributed by atoms with Crippen LogP contribution in [0.5, 0.6) is 5.75 Å². The number of rotatable bonds is 6. The van der Waals surface area contributed by atoms with Gasteiger partial charge in [-0.25, -0.2) is 4.39 Å². The third-order valence-corrected chi connectivity index (χ3v) is 4.69. The number of nitrogens with one attached hydrogen (secondary N) is 1. The second-order valence-corrected chi connectivity index (χ2v) is 6.21. The summed E-state index contributed by atoms with van der Waals surface area (Å²) in [6, 6.07) is 4.57. The van der Waals surface area contributed by atoms with E-state index in [1.807, 2.05) is 6.92 Å². The Hall–Kier alpha value is -1.13. The van der Waals surface area contributed by atoms with Gasteiger partial charge in [0.2, 0.25) is 0 Å². The van der Waals surface area contributed by atoms with E-state index >= 15 is 0 Å². The fraction of sp³-hybridized carbons (Fsp3) is 0.647. The molecule has 0 aliphatic heterocycles. The van der Waals surface area contributed by atoms with E-state index in [0.29, 0.717) is 5.75 Å². The smallest absolute Gasteiger partial charge is 0.123 e. The molecule has 1 aromatic rings. The molecule has 118 valence electrons. The first-order chi connectivity index (χ1) is 10.1. The third kappa shape index (κ3) is 3.95. The van der Waals surface area contributed by atoms with E-state index in [-0.39, 0.29) is 23.9 Å². The van der Waals surface area contributed by atoms with Crippen molar-refractivity contribution in [2.75, 3.05) is 20.3 Å². The maximum atomic E-state index is 13.5. The number of aliphatic hydroxyl groups is 1. The van der Waals surface area contributed by atoms with Crippen LogP contribution in [0.1, 0.15) is 50.6 Å². The fourth-order valence-electron chi connectivity index (χ4n) is 3.22. The lowest BCUT2D eigenvalue weighted by atomic mass is 9.74. The Kier molecular flexibility index (Phi) is 5.59. The van der Waals surface area contributed by atoms with Crippen molar-refractivity contribution in [1.82, 2.24) is 5.32 Å². The minimum Gasteiger partial charge on any atom is -0.496 e. The summed E-state index contributed by atoms with van der Waals surface area (Å²) in [6.45, 7) is 2.97. The molecule has 0 bridgehead atoms. The molecule has 4 heteroatoms. The molecule has 2 rings (SSSR count). The van der Waals surface area contributed by atoms with Crippen molar-refractivity contribution in [3.8, 4) is 5.75 Å². The van der Waals surface area contributed by atoms with Crippen LogP contribution in [0.2, 0.25) is 0 Å². The molecule has 1 fully saturated rings. The minimum atomic E-state index is -0.256. The van der Waals surface area contributed by atoms with Gasteiger partial charge in [0, 0.05) is 30.2 Å². The van der Waals surface area contributed by atoms with Crippen LogP contribution in [0.3, 0.4) is 0 Å². The van der Waals surface area contributed by atoms with E-state index in [9.17, 15) is 9.50 Å². The standard InChI is InChI=1S/C17H26FNO2/c1-13(15-10-14(18)6-7-16(15)21-2)19-11-17(12-20)8-4-3-5-9-17/h6-7,10,13,19-20H,3-5,8-9,11-12H2,1-2H3. The van der Waals surface area contributed by atoms with Crippen LogP contribution < -0.4 is 10.1 Å². The van der Waals surface area contributed by atoms with E-state index in [1.165, 1.54) is 31.4 Å². The van der Waals surface area contributed by atoms with Gasteiger partial charge in [-0.05, 0) is 38.0 Å². The van der Waals surface area contributed by atoms with Crippen LogP contribution >= 0.6 is 0 Å². The molecule has 3 nitrogen and oxygen atoms in total. The monoisotopic (exact) mass is 295 g/mol. The fourth-order valence-corrected chi connectivity index (χ4v) is 3.22. The largest absolute Gasteiger partial charge is 0.496 e. The van der Waals surface area contributed by atoms with E-state index in [4.69, 9.17) is 4.74 Å². The number of benzene rings is 1. The Morgan fingerprint density at radius 1 is 1.33 bits per heavy atom. The number of hydrogen-bond acceptors (Lipinski definition) is 3. The van der Waals surface area contributed by atoms with Crippen LogP contribution in [0.15, 0.2) is 18.2 Å². The van der Waals surface area contributed by atoms with Crippen molar-refractivity contribution in [3.63, 3.8) is 0 Å². The second-order valence-electron chi connectivity index (χ2n) is 6.21. The summed E-state index contributed by atoms with van der Waals surface area (Å²) < 4.78 is 18.8. The zero-order valence-corrected chi connectivity index (χ0v) is 13.0. The molecule has 0 radical (unpaired) electrons. The lowest BCUT2D eigenvalue weighted by Crippen LogP contribution is -2.40. The summed E-state index contributed by atoms with van der Waals surface area (Å²) in [5.41, 5.74) is 0.800. The summed E-state index contributed by atoms with van der Waals surface area (Å²) in [4.78, 5) is 0. The van der Waals surface area contributed by atoms with Gasteiger partial charge in [-0.1, -0.05) is 19.3 Å². The average Bonchev–Trinajstić information content (AvgIpc) is 2.53. The van der Waals surface area contributed by atoms with Gasteiger partial charge in [-0.15, -0.1) is 0 Å². The summed E-state index contributed by atoms with van der Waals surface area (Å²) in [6.07, 6.45) is 5.74. The first-order valence-corrected chi connectivity index (χ1v) is 7.78. The third-order valence-electron chi connectivity index (χ3n) is 4.69. The molecule has 1 aliphatic rings. The van der Waals surface area contributed by atoms with Crippen molar-refractivity contribution in [3.05, 3.63) is 29.6 Å². The molecule has 1 atom stereocenters. The van der Waals surface area contributed by atoms with E-state index in [2.05, 4.69) is 5.32 Å². The zero-order chi connectivity index (χ0) is 15.3. The van der Waals surface area contributed by atoms with Crippen LogP contribution in [-0.2, 0) is 0 Å². The van der Waals surface area contributed by atoms with Crippen molar-refractivity contribution >= 4 is 0 Å². The Morgan fingerprint density at radius 2 is 2.05 bits per heavy atom. The highest BCUT2D eigenvalue weighted by Gasteiger charge is 2.31. The molecule has 0 saturated heterocycles. The molecular weight excluding hydrogens is 269 g/mol. The van der Waals surface area contributed by atoms with Crippen molar-refractivity contribution in [1.29, 1.82) is 0 Å². The number of methoxy groups -OCH3 is 1. The summed E-state index contributed by atoms with van der Waals surface area (Å²) in [5.74, 6) is 0.437. The molecule has 1 aliphatic carbocycles. The van der Waals surface area contributed by atoms with Gasteiger partial charge in [0.25, 0.3) is 0 Å². The van der Waals surface area contributed by atoms with Crippen LogP contribution in [0, 0.1) is 11.2 Å². The number of ether oxygens (including phenoxy) is 1. The second kappa shape index (κ2) is 7.23. The lowest BCUT2D eigenvalue weighted by molar-refractivity contribution is 0.0788. The number of hydrogen-bond donors (Lipinski definition) is 2. The molecule has 0 aromatic heterocycles. The maximum absolute atomic E-state index is 13.5. The van der Waals surface area contributed by atoms with Crippen LogP contribution in [-0.4, -0.2) is 25.4 Å². The molecule has 21 heavy (non-hydrogen) atoms. The summed E-state index contributed by atoms with van der Waals surface area (Å²) in [5, 5.41) is 13.2. The minimum absolute atomic E-state index is 0.0130. The number of aliphatic hydroxyl groups excluding tert-OH is 1. The van der Waals surface area contributed by atoms with Gasteiger partial charge in [0.1, 0.15) is 11.6 Å². The Morgan fingerprint density at radius 3 is 2.67 bits per heavy atom. The molecule has 1 unspecified atom stereocenters. The number of halogens is 1. The van der Waals surface area contributed by atoms with Gasteiger partial charge in [-0.3, -0.25) is 0 Å². The highest BCUT2D eigenvalue weighted by molar-refractivity contribution is 5.36. The van der Waals surface area contributed by atoms with Crippen molar-refractivity contribution < 1.29 is 14.2 Å². The normalized spacial score (nSPS) is 19.2. The molecule has 0 spiro atoms. The van der Waals surface area contributed by atoms with Gasteiger partial charge < -0.3 is 15.2 Å². The van der Waals surface area contributed by atoms with E-state index in [1.54, 1.807) is 13.2 Å². The Labute approximate surface area is 126 Å². The molecule has 0 amide bonds. The Balaban J connectivity index is 2.04. The molecule has 0 heterocycles. The zero-order valence-electron chi connectivity index (χ0n) is 13.0. The van der Waals surface area contributed by atoms with Gasteiger partial charge in [0.05, 0.1) is 7.11 Å². The van der Waals surface area contributed by atoms with Crippen LogP contribution in [0.4, 0.5) is 4.39 Å². The molecule has 1 saturated carbocycles. The topological polar surface area (TPSA) is 41.5 Å². The summed E-state index contributed by atoms with van der Waals surface area (Å²) >= 11 is 0. The van der Waals surface area contributed by atoms with Crippen molar-refractivity contribution in [2.45, 2.75) is 45.1 Å². The first kappa shape index (κ1) is 16.2. The first-order valence-electron chi connectivity index (χ1n) is 7.78. The predicted molar refractivity (Wildman–Crippen MR) is 82.0 cm³/mol.